The molecule has 4 N–H and O–H groups in total. The lowest BCUT2D eigenvalue weighted by Crippen LogP contribution is -2.31. The van der Waals surface area contributed by atoms with Crippen molar-refractivity contribution < 1.29 is 9.59 Å². The number of rotatable bonds is 5. The molecule has 0 aromatic heterocycles. The molecular formula is C13H16BrN3O2. The molecule has 1 aromatic rings. The Kier molecular flexibility index (Phi) is 4.42. The molecule has 102 valence electrons. The molecule has 1 aliphatic carbocycles. The highest BCUT2D eigenvalue weighted by atomic mass is 79.9. The van der Waals surface area contributed by atoms with Crippen molar-refractivity contribution in [2.45, 2.75) is 25.3 Å². The first-order chi connectivity index (χ1) is 9.06. The minimum Gasteiger partial charge on any atom is -0.398 e. The first-order valence-corrected chi connectivity index (χ1v) is 6.98. The van der Waals surface area contributed by atoms with E-state index in [1.807, 2.05) is 0 Å². The second kappa shape index (κ2) is 6.06. The van der Waals surface area contributed by atoms with Crippen LogP contribution in [0.2, 0.25) is 0 Å². The van der Waals surface area contributed by atoms with Crippen molar-refractivity contribution in [2.24, 2.45) is 0 Å². The van der Waals surface area contributed by atoms with E-state index in [4.69, 9.17) is 5.73 Å². The summed E-state index contributed by atoms with van der Waals surface area (Å²) in [5.41, 5.74) is 6.71. The van der Waals surface area contributed by atoms with E-state index in [-0.39, 0.29) is 11.8 Å². The highest BCUT2D eigenvalue weighted by Gasteiger charge is 2.22. The van der Waals surface area contributed by atoms with Crippen molar-refractivity contribution >= 4 is 33.4 Å². The highest BCUT2D eigenvalue weighted by molar-refractivity contribution is 9.10. The number of benzene rings is 1. The van der Waals surface area contributed by atoms with Crippen LogP contribution in [0.15, 0.2) is 22.7 Å². The molecule has 1 aromatic carbocycles. The molecule has 1 saturated carbocycles. The van der Waals surface area contributed by atoms with Crippen LogP contribution < -0.4 is 16.4 Å². The molecule has 0 bridgehead atoms. The quantitative estimate of drug-likeness (QED) is 0.716. The van der Waals surface area contributed by atoms with Gasteiger partial charge in [-0.1, -0.05) is 0 Å². The first kappa shape index (κ1) is 13.9. The predicted molar refractivity (Wildman–Crippen MR) is 76.7 cm³/mol. The molecule has 0 aliphatic heterocycles. The van der Waals surface area contributed by atoms with Crippen LogP contribution in [0.1, 0.15) is 29.6 Å². The van der Waals surface area contributed by atoms with Gasteiger partial charge in [0.2, 0.25) is 5.91 Å². The summed E-state index contributed by atoms with van der Waals surface area (Å²) in [6.07, 6.45) is 2.43. The van der Waals surface area contributed by atoms with Crippen molar-refractivity contribution in [3.8, 4) is 0 Å². The lowest BCUT2D eigenvalue weighted by atomic mass is 10.2. The Labute approximate surface area is 120 Å². The van der Waals surface area contributed by atoms with Crippen molar-refractivity contribution in [1.82, 2.24) is 10.6 Å². The monoisotopic (exact) mass is 325 g/mol. The summed E-state index contributed by atoms with van der Waals surface area (Å²) in [4.78, 5) is 23.2. The number of halogens is 1. The molecule has 0 unspecified atom stereocenters. The van der Waals surface area contributed by atoms with Crippen LogP contribution in [0, 0.1) is 0 Å². The number of hydrogen-bond donors (Lipinski definition) is 3. The van der Waals surface area contributed by atoms with Crippen molar-refractivity contribution in [3.63, 3.8) is 0 Å². The third-order valence-electron chi connectivity index (χ3n) is 2.84. The maximum absolute atomic E-state index is 11.8. The Bertz CT molecular complexity index is 501. The number of carbonyl (C=O) groups is 2. The molecule has 5 nitrogen and oxygen atoms in total. The number of amides is 2. The molecule has 1 aliphatic rings. The van der Waals surface area contributed by atoms with Crippen LogP contribution in [0.5, 0.6) is 0 Å². The molecule has 0 spiro atoms. The number of hydrogen-bond acceptors (Lipinski definition) is 3. The van der Waals surface area contributed by atoms with Crippen LogP contribution in [0.4, 0.5) is 5.69 Å². The van der Waals surface area contributed by atoms with Gasteiger partial charge in [-0.2, -0.15) is 0 Å². The fourth-order valence-corrected chi connectivity index (χ4v) is 1.85. The second-order valence-electron chi connectivity index (χ2n) is 4.58. The fraction of sp³-hybridized carbons (Fsp3) is 0.385. The summed E-state index contributed by atoms with van der Waals surface area (Å²) in [5, 5.41) is 5.57. The third kappa shape index (κ3) is 4.24. The van der Waals surface area contributed by atoms with Gasteiger partial charge in [-0.15, -0.1) is 0 Å². The number of nitrogen functional groups attached to an aromatic ring is 1. The van der Waals surface area contributed by atoms with Crippen LogP contribution in [0.25, 0.3) is 0 Å². The molecule has 19 heavy (non-hydrogen) atoms. The Hall–Kier alpha value is -1.56. The van der Waals surface area contributed by atoms with Gasteiger partial charge in [0.05, 0.1) is 0 Å². The molecule has 2 rings (SSSR count). The predicted octanol–water partition coefficient (Wildman–Crippen LogP) is 1.43. The Morgan fingerprint density at radius 3 is 2.74 bits per heavy atom. The maximum Gasteiger partial charge on any atom is 0.251 e. The van der Waals surface area contributed by atoms with Gasteiger partial charge in [-0.3, -0.25) is 9.59 Å². The molecule has 2 amide bonds. The van der Waals surface area contributed by atoms with Crippen LogP contribution >= 0.6 is 15.9 Å². The molecule has 1 fully saturated rings. The minimum atomic E-state index is -0.224. The van der Waals surface area contributed by atoms with Gasteiger partial charge in [0.15, 0.2) is 0 Å². The molecule has 0 atom stereocenters. The van der Waals surface area contributed by atoms with Gasteiger partial charge in [0.25, 0.3) is 5.91 Å². The summed E-state index contributed by atoms with van der Waals surface area (Å²) in [6, 6.07) is 5.36. The maximum atomic E-state index is 11.8. The first-order valence-electron chi connectivity index (χ1n) is 6.19. The average molecular weight is 326 g/mol. The zero-order chi connectivity index (χ0) is 13.8. The van der Waals surface area contributed by atoms with E-state index in [0.29, 0.717) is 30.3 Å². The van der Waals surface area contributed by atoms with E-state index in [1.165, 1.54) is 0 Å². The van der Waals surface area contributed by atoms with E-state index in [9.17, 15) is 9.59 Å². The van der Waals surface area contributed by atoms with E-state index < -0.39 is 0 Å². The zero-order valence-corrected chi connectivity index (χ0v) is 12.0. The van der Waals surface area contributed by atoms with Crippen molar-refractivity contribution in [1.29, 1.82) is 0 Å². The lowest BCUT2D eigenvalue weighted by molar-refractivity contribution is -0.121. The minimum absolute atomic E-state index is 0.0156. The third-order valence-corrected chi connectivity index (χ3v) is 3.56. The molecule has 0 saturated heterocycles. The van der Waals surface area contributed by atoms with Gasteiger partial charge in [0.1, 0.15) is 0 Å². The average Bonchev–Trinajstić information content (AvgIpc) is 3.16. The zero-order valence-electron chi connectivity index (χ0n) is 10.4. The summed E-state index contributed by atoms with van der Waals surface area (Å²) in [6.45, 7) is 0.327. The highest BCUT2D eigenvalue weighted by Crippen LogP contribution is 2.20. The van der Waals surface area contributed by atoms with Gasteiger partial charge in [0, 0.05) is 34.7 Å². The lowest BCUT2D eigenvalue weighted by Gasteiger charge is -2.07. The molecule has 6 heteroatoms. The summed E-state index contributed by atoms with van der Waals surface area (Å²) >= 11 is 3.27. The van der Waals surface area contributed by atoms with E-state index in [0.717, 1.165) is 17.3 Å². The summed E-state index contributed by atoms with van der Waals surface area (Å²) in [5.74, 6) is -0.239. The van der Waals surface area contributed by atoms with Crippen LogP contribution in [-0.4, -0.2) is 24.4 Å². The van der Waals surface area contributed by atoms with E-state index in [1.54, 1.807) is 18.2 Å². The molecule has 0 heterocycles. The van der Waals surface area contributed by atoms with Gasteiger partial charge >= 0.3 is 0 Å². The van der Waals surface area contributed by atoms with Crippen molar-refractivity contribution in [3.05, 3.63) is 28.2 Å². The Morgan fingerprint density at radius 2 is 2.11 bits per heavy atom. The largest absolute Gasteiger partial charge is 0.398 e. The summed E-state index contributed by atoms with van der Waals surface area (Å²) in [7, 11) is 0. The van der Waals surface area contributed by atoms with Crippen molar-refractivity contribution in [2.75, 3.05) is 12.3 Å². The van der Waals surface area contributed by atoms with Gasteiger partial charge in [-0.05, 0) is 47.0 Å². The van der Waals surface area contributed by atoms with Gasteiger partial charge < -0.3 is 16.4 Å². The van der Waals surface area contributed by atoms with Gasteiger partial charge in [-0.25, -0.2) is 0 Å². The Morgan fingerprint density at radius 1 is 1.37 bits per heavy atom. The second-order valence-corrected chi connectivity index (χ2v) is 5.44. The van der Waals surface area contributed by atoms with Crippen LogP contribution in [-0.2, 0) is 4.79 Å². The molecule has 0 radical (unpaired) electrons. The normalized spacial score (nSPS) is 13.9. The summed E-state index contributed by atoms with van der Waals surface area (Å²) < 4.78 is 0.757. The smallest absolute Gasteiger partial charge is 0.251 e. The van der Waals surface area contributed by atoms with Crippen LogP contribution in [0.3, 0.4) is 0 Å². The topological polar surface area (TPSA) is 84.2 Å². The number of anilines is 1. The number of nitrogens with two attached hydrogens (primary N) is 1. The van der Waals surface area contributed by atoms with E-state index in [2.05, 4.69) is 26.6 Å². The standard InChI is InChI=1S/C13H16BrN3O2/c14-10-4-1-8(7-11(10)15)13(19)16-6-5-12(18)17-9-2-3-9/h1,4,7,9H,2-3,5-6,15H2,(H,16,19)(H,17,18). The number of nitrogens with one attached hydrogen (secondary N) is 2. The SMILES string of the molecule is Nc1cc(C(=O)NCCC(=O)NC2CC2)ccc1Br. The fourth-order valence-electron chi connectivity index (χ4n) is 1.60. The number of carbonyl (C=O) groups excluding carboxylic acids is 2. The van der Waals surface area contributed by atoms with E-state index >= 15 is 0 Å². The Balaban J connectivity index is 1.76. The molecular weight excluding hydrogens is 310 g/mol.